The Morgan fingerprint density at radius 2 is 2.21 bits per heavy atom. The van der Waals surface area contributed by atoms with E-state index in [1.54, 1.807) is 18.1 Å². The summed E-state index contributed by atoms with van der Waals surface area (Å²) in [6, 6.07) is 9.28. The first-order valence-corrected chi connectivity index (χ1v) is 9.16. The van der Waals surface area contributed by atoms with E-state index in [0.29, 0.717) is 21.6 Å². The van der Waals surface area contributed by atoms with Gasteiger partial charge in [-0.05, 0) is 24.6 Å². The number of carbonyl (C=O) groups is 2. The number of rotatable bonds is 2. The third-order valence-electron chi connectivity index (χ3n) is 4.83. The molecule has 3 heterocycles. The summed E-state index contributed by atoms with van der Waals surface area (Å²) in [5.41, 5.74) is 8.25. The normalized spacial score (nSPS) is 16.3. The van der Waals surface area contributed by atoms with Crippen LogP contribution in [0.4, 0.5) is 0 Å². The molecule has 0 bridgehead atoms. The summed E-state index contributed by atoms with van der Waals surface area (Å²) >= 11 is 6.22. The number of aromatic nitrogens is 2. The Labute approximate surface area is 166 Å². The Balaban J connectivity index is 1.73. The molecule has 140 valence electrons. The zero-order valence-electron chi connectivity index (χ0n) is 15.1. The molecule has 1 unspecified atom stereocenters. The molecule has 3 N–H and O–H groups in total. The van der Waals surface area contributed by atoms with Crippen molar-refractivity contribution < 1.29 is 9.59 Å². The van der Waals surface area contributed by atoms with E-state index < -0.39 is 5.91 Å². The van der Waals surface area contributed by atoms with Crippen molar-refractivity contribution in [2.75, 3.05) is 13.6 Å². The van der Waals surface area contributed by atoms with E-state index in [0.717, 1.165) is 24.1 Å². The molecule has 7 heteroatoms. The van der Waals surface area contributed by atoms with Gasteiger partial charge in [0.05, 0.1) is 16.2 Å². The van der Waals surface area contributed by atoms with Gasteiger partial charge in [0.25, 0.3) is 5.91 Å². The number of nitrogens with zero attached hydrogens (tertiary/aromatic N) is 2. The van der Waals surface area contributed by atoms with Crippen LogP contribution in [0.2, 0.25) is 5.02 Å². The maximum atomic E-state index is 12.0. The van der Waals surface area contributed by atoms with Crippen LogP contribution in [0.25, 0.3) is 22.2 Å². The third-order valence-corrected chi connectivity index (χ3v) is 5.14. The van der Waals surface area contributed by atoms with E-state index in [4.69, 9.17) is 17.3 Å². The lowest BCUT2D eigenvalue weighted by Crippen LogP contribution is -2.21. The average molecular weight is 393 g/mol. The number of carbonyl (C=O) groups excluding carboxylic acids is 2. The Morgan fingerprint density at radius 3 is 2.93 bits per heavy atom. The van der Waals surface area contributed by atoms with Crippen molar-refractivity contribution in [3.8, 4) is 23.1 Å². The van der Waals surface area contributed by atoms with E-state index in [1.165, 1.54) is 0 Å². The van der Waals surface area contributed by atoms with Gasteiger partial charge in [-0.1, -0.05) is 35.6 Å². The number of aromatic amines is 1. The molecule has 1 aromatic carbocycles. The zero-order valence-corrected chi connectivity index (χ0v) is 15.9. The summed E-state index contributed by atoms with van der Waals surface area (Å²) < 4.78 is 0. The minimum absolute atomic E-state index is 0.0592. The molecule has 1 atom stereocenters. The number of hydrogen-bond acceptors (Lipinski definition) is 3. The largest absolute Gasteiger partial charge is 0.364 e. The highest BCUT2D eigenvalue weighted by molar-refractivity contribution is 6.36. The molecule has 1 saturated heterocycles. The van der Waals surface area contributed by atoms with Gasteiger partial charge in [-0.3, -0.25) is 9.59 Å². The van der Waals surface area contributed by atoms with Crippen LogP contribution < -0.4 is 5.73 Å². The second-order valence-electron chi connectivity index (χ2n) is 6.73. The third kappa shape index (κ3) is 3.21. The monoisotopic (exact) mass is 392 g/mol. The molecule has 1 fully saturated rings. The predicted octanol–water partition coefficient (Wildman–Crippen LogP) is 2.81. The lowest BCUT2D eigenvalue weighted by Gasteiger charge is -2.06. The standard InChI is InChI=1S/C21H17ClN4O2/c1-26-8-7-13(21(26)28)6-5-12-3-2-4-14(9-12)17-10-15-16(22)11-24-18(15)19(25-17)20(23)27/h2-4,9-11,13,24H,7-8H2,1H3,(H2,23,27). The number of H-pyrrole nitrogens is 1. The highest BCUT2D eigenvalue weighted by Gasteiger charge is 2.27. The summed E-state index contributed by atoms with van der Waals surface area (Å²) in [5, 5.41) is 1.16. The fourth-order valence-electron chi connectivity index (χ4n) is 3.30. The van der Waals surface area contributed by atoms with Gasteiger partial charge in [-0.15, -0.1) is 0 Å². The van der Waals surface area contributed by atoms with Crippen LogP contribution in [0, 0.1) is 17.8 Å². The molecule has 1 aliphatic heterocycles. The van der Waals surface area contributed by atoms with Gasteiger partial charge < -0.3 is 15.6 Å². The second kappa shape index (κ2) is 7.02. The molecule has 3 aromatic rings. The molecule has 0 spiro atoms. The number of fused-ring (bicyclic) bond motifs is 1. The smallest absolute Gasteiger partial charge is 0.269 e. The zero-order chi connectivity index (χ0) is 19.8. The quantitative estimate of drug-likeness (QED) is 0.657. The molecule has 6 nitrogen and oxygen atoms in total. The fraction of sp³-hybridized carbons (Fsp3) is 0.190. The second-order valence-corrected chi connectivity index (χ2v) is 7.14. The molecule has 0 radical (unpaired) electrons. The van der Waals surface area contributed by atoms with Crippen LogP contribution in [-0.2, 0) is 4.79 Å². The van der Waals surface area contributed by atoms with Gasteiger partial charge in [0, 0.05) is 36.3 Å². The summed E-state index contributed by atoms with van der Waals surface area (Å²) in [5.74, 6) is 5.30. The summed E-state index contributed by atoms with van der Waals surface area (Å²) in [4.78, 5) is 32.9. The van der Waals surface area contributed by atoms with Crippen molar-refractivity contribution in [3.05, 3.63) is 52.8 Å². The van der Waals surface area contributed by atoms with Gasteiger partial charge in [0.15, 0.2) is 5.69 Å². The molecule has 2 aromatic heterocycles. The van der Waals surface area contributed by atoms with Crippen molar-refractivity contribution in [2.24, 2.45) is 11.7 Å². The van der Waals surface area contributed by atoms with Crippen molar-refractivity contribution >= 4 is 34.3 Å². The molecule has 0 saturated carbocycles. The highest BCUT2D eigenvalue weighted by Crippen LogP contribution is 2.29. The minimum Gasteiger partial charge on any atom is -0.364 e. The number of amides is 2. The van der Waals surface area contributed by atoms with Crippen LogP contribution in [0.5, 0.6) is 0 Å². The van der Waals surface area contributed by atoms with Gasteiger partial charge >= 0.3 is 0 Å². The molecule has 4 rings (SSSR count). The maximum absolute atomic E-state index is 12.0. The fourth-order valence-corrected chi connectivity index (χ4v) is 3.51. The van der Waals surface area contributed by atoms with Crippen LogP contribution in [0.1, 0.15) is 22.5 Å². The minimum atomic E-state index is -0.634. The van der Waals surface area contributed by atoms with Crippen LogP contribution in [0.3, 0.4) is 0 Å². The van der Waals surface area contributed by atoms with Gasteiger partial charge in [0.1, 0.15) is 5.92 Å². The Bertz CT molecular complexity index is 1170. The van der Waals surface area contributed by atoms with Gasteiger partial charge in [-0.25, -0.2) is 4.98 Å². The number of pyridine rings is 1. The molecule has 1 aliphatic rings. The number of nitrogens with one attached hydrogen (secondary N) is 1. The molecule has 2 amide bonds. The van der Waals surface area contributed by atoms with E-state index in [2.05, 4.69) is 21.8 Å². The number of nitrogens with two attached hydrogens (primary N) is 1. The Hall–Kier alpha value is -3.30. The van der Waals surface area contributed by atoms with E-state index in [-0.39, 0.29) is 17.5 Å². The molecular weight excluding hydrogens is 376 g/mol. The van der Waals surface area contributed by atoms with Crippen LogP contribution >= 0.6 is 11.6 Å². The SMILES string of the molecule is CN1CCC(C#Cc2cccc(-c3cc4c(Cl)c[nH]c4c(C(N)=O)n3)c2)C1=O. The molecular formula is C21H17ClN4O2. The summed E-state index contributed by atoms with van der Waals surface area (Å²) in [7, 11) is 1.79. The van der Waals surface area contributed by atoms with Crippen LogP contribution in [-0.4, -0.2) is 40.3 Å². The first-order valence-electron chi connectivity index (χ1n) is 8.78. The number of hydrogen-bond donors (Lipinski definition) is 2. The number of primary amides is 1. The topological polar surface area (TPSA) is 92.1 Å². The van der Waals surface area contributed by atoms with E-state index >= 15 is 0 Å². The maximum Gasteiger partial charge on any atom is 0.269 e. The molecule has 0 aliphatic carbocycles. The van der Waals surface area contributed by atoms with E-state index in [1.807, 2.05) is 30.3 Å². The first kappa shape index (κ1) is 18.1. The molecule has 28 heavy (non-hydrogen) atoms. The lowest BCUT2D eigenvalue weighted by molar-refractivity contribution is -0.128. The summed E-state index contributed by atoms with van der Waals surface area (Å²) in [6.45, 7) is 0.732. The number of likely N-dealkylation sites (tertiary alicyclic amines) is 1. The highest BCUT2D eigenvalue weighted by atomic mass is 35.5. The van der Waals surface area contributed by atoms with E-state index in [9.17, 15) is 9.59 Å². The predicted molar refractivity (Wildman–Crippen MR) is 108 cm³/mol. The van der Waals surface area contributed by atoms with Gasteiger partial charge in [-0.2, -0.15) is 0 Å². The van der Waals surface area contributed by atoms with Crippen molar-refractivity contribution in [1.29, 1.82) is 0 Å². The van der Waals surface area contributed by atoms with Gasteiger partial charge in [0.2, 0.25) is 5.91 Å². The van der Waals surface area contributed by atoms with Crippen molar-refractivity contribution in [3.63, 3.8) is 0 Å². The first-order chi connectivity index (χ1) is 13.4. The Kier molecular flexibility index (Phi) is 4.54. The number of halogens is 1. The average Bonchev–Trinajstić information content (AvgIpc) is 3.22. The number of benzene rings is 1. The van der Waals surface area contributed by atoms with Crippen molar-refractivity contribution in [1.82, 2.24) is 14.9 Å². The van der Waals surface area contributed by atoms with Crippen LogP contribution in [0.15, 0.2) is 36.5 Å². The summed E-state index contributed by atoms with van der Waals surface area (Å²) in [6.07, 6.45) is 2.34. The Morgan fingerprint density at radius 1 is 1.39 bits per heavy atom. The lowest BCUT2D eigenvalue weighted by atomic mass is 10.0. The van der Waals surface area contributed by atoms with Crippen molar-refractivity contribution in [2.45, 2.75) is 6.42 Å².